The Labute approximate surface area is 123 Å². The molecular weight excluding hydrogens is 244 g/mol. The molecule has 1 saturated heterocycles. The summed E-state index contributed by atoms with van der Waals surface area (Å²) >= 11 is 0. The summed E-state index contributed by atoms with van der Waals surface area (Å²) in [6.07, 6.45) is 8.14. The van der Waals surface area contributed by atoms with Crippen LogP contribution in [0.5, 0.6) is 0 Å². The van der Waals surface area contributed by atoms with Gasteiger partial charge >= 0.3 is 0 Å². The highest BCUT2D eigenvalue weighted by Gasteiger charge is 2.24. The first kappa shape index (κ1) is 14.1. The fraction of sp³-hybridized carbons (Fsp3) is 0.667. The Hall–Kier alpha value is -0.860. The van der Waals surface area contributed by atoms with Crippen molar-refractivity contribution in [2.45, 2.75) is 44.6 Å². The molecule has 1 heterocycles. The molecule has 0 radical (unpaired) electrons. The van der Waals surface area contributed by atoms with Crippen molar-refractivity contribution in [2.24, 2.45) is 5.92 Å². The Bertz CT molecular complexity index is 378. The quantitative estimate of drug-likeness (QED) is 0.820. The lowest BCUT2D eigenvalue weighted by atomic mass is 10.0. The summed E-state index contributed by atoms with van der Waals surface area (Å²) in [6.45, 7) is 5.12. The molecule has 3 rings (SSSR count). The average Bonchev–Trinajstić information content (AvgIpc) is 3.32. The van der Waals surface area contributed by atoms with E-state index in [1.807, 2.05) is 0 Å². The second-order valence-electron chi connectivity index (χ2n) is 6.56. The standard InChI is InChI=1S/C18H28N2/c1-2-5-16(6-3-1)7-4-12-20-13-10-18(11-14-20)19-15-17-8-9-17/h1-3,5-6,17-19H,4,7-15H2. The van der Waals surface area contributed by atoms with E-state index in [1.165, 1.54) is 70.3 Å². The van der Waals surface area contributed by atoms with Crippen molar-refractivity contribution in [3.05, 3.63) is 35.9 Å². The minimum atomic E-state index is 0.793. The third-order valence-electron chi connectivity index (χ3n) is 4.76. The van der Waals surface area contributed by atoms with Gasteiger partial charge in [0, 0.05) is 6.04 Å². The van der Waals surface area contributed by atoms with E-state index in [0.717, 1.165) is 12.0 Å². The first-order chi connectivity index (χ1) is 9.90. The molecule has 0 amide bonds. The Morgan fingerprint density at radius 1 is 1.00 bits per heavy atom. The van der Waals surface area contributed by atoms with Crippen molar-refractivity contribution in [1.29, 1.82) is 0 Å². The van der Waals surface area contributed by atoms with Crippen LogP contribution in [0.1, 0.15) is 37.7 Å². The van der Waals surface area contributed by atoms with Crippen molar-refractivity contribution >= 4 is 0 Å². The van der Waals surface area contributed by atoms with E-state index in [2.05, 4.69) is 40.5 Å². The first-order valence-corrected chi connectivity index (χ1v) is 8.40. The van der Waals surface area contributed by atoms with Crippen LogP contribution in [0.4, 0.5) is 0 Å². The van der Waals surface area contributed by atoms with Crippen LogP contribution in [0, 0.1) is 5.92 Å². The van der Waals surface area contributed by atoms with Crippen molar-refractivity contribution < 1.29 is 0 Å². The monoisotopic (exact) mass is 272 g/mol. The number of likely N-dealkylation sites (tertiary alicyclic amines) is 1. The van der Waals surface area contributed by atoms with Gasteiger partial charge in [0.05, 0.1) is 0 Å². The summed E-state index contributed by atoms with van der Waals surface area (Å²) in [5, 5.41) is 3.76. The fourth-order valence-electron chi connectivity index (χ4n) is 3.17. The highest BCUT2D eigenvalue weighted by atomic mass is 15.1. The van der Waals surface area contributed by atoms with E-state index in [-0.39, 0.29) is 0 Å². The fourth-order valence-corrected chi connectivity index (χ4v) is 3.17. The van der Waals surface area contributed by atoms with Gasteiger partial charge in [-0.05, 0) is 76.2 Å². The SMILES string of the molecule is c1ccc(CCCN2CCC(NCC3CC3)CC2)cc1. The van der Waals surface area contributed by atoms with E-state index < -0.39 is 0 Å². The van der Waals surface area contributed by atoms with Gasteiger partial charge < -0.3 is 10.2 Å². The number of aryl methyl sites for hydroxylation is 1. The smallest absolute Gasteiger partial charge is 0.00915 e. The second-order valence-corrected chi connectivity index (χ2v) is 6.56. The molecule has 1 aliphatic heterocycles. The predicted octanol–water partition coefficient (Wildman–Crippen LogP) is 3.08. The van der Waals surface area contributed by atoms with E-state index in [4.69, 9.17) is 0 Å². The minimum Gasteiger partial charge on any atom is -0.314 e. The van der Waals surface area contributed by atoms with E-state index in [1.54, 1.807) is 0 Å². The number of hydrogen-bond acceptors (Lipinski definition) is 2. The highest BCUT2D eigenvalue weighted by molar-refractivity contribution is 5.14. The summed E-state index contributed by atoms with van der Waals surface area (Å²) in [7, 11) is 0. The maximum atomic E-state index is 3.76. The van der Waals surface area contributed by atoms with Gasteiger partial charge in [-0.25, -0.2) is 0 Å². The molecule has 1 N–H and O–H groups in total. The van der Waals surface area contributed by atoms with Crippen LogP contribution in [-0.4, -0.2) is 37.1 Å². The molecule has 0 unspecified atom stereocenters. The van der Waals surface area contributed by atoms with Gasteiger partial charge in [-0.2, -0.15) is 0 Å². The molecule has 110 valence electrons. The molecule has 1 aromatic carbocycles. The second kappa shape index (κ2) is 7.24. The predicted molar refractivity (Wildman–Crippen MR) is 85.0 cm³/mol. The Balaban J connectivity index is 1.28. The van der Waals surface area contributed by atoms with Crippen LogP contribution >= 0.6 is 0 Å². The molecule has 0 spiro atoms. The van der Waals surface area contributed by atoms with Crippen molar-refractivity contribution in [3.8, 4) is 0 Å². The van der Waals surface area contributed by atoms with Gasteiger partial charge in [0.25, 0.3) is 0 Å². The molecule has 1 saturated carbocycles. The zero-order valence-electron chi connectivity index (χ0n) is 12.6. The Morgan fingerprint density at radius 3 is 2.45 bits per heavy atom. The molecule has 2 aliphatic rings. The van der Waals surface area contributed by atoms with Gasteiger partial charge in [0.15, 0.2) is 0 Å². The number of nitrogens with zero attached hydrogens (tertiary/aromatic N) is 1. The maximum absolute atomic E-state index is 3.76. The maximum Gasteiger partial charge on any atom is 0.00915 e. The number of nitrogens with one attached hydrogen (secondary N) is 1. The Morgan fingerprint density at radius 2 is 1.75 bits per heavy atom. The van der Waals surface area contributed by atoms with E-state index in [9.17, 15) is 0 Å². The van der Waals surface area contributed by atoms with Gasteiger partial charge in [-0.15, -0.1) is 0 Å². The molecule has 1 aromatic rings. The highest BCUT2D eigenvalue weighted by Crippen LogP contribution is 2.28. The lowest BCUT2D eigenvalue weighted by Crippen LogP contribution is -2.43. The summed E-state index contributed by atoms with van der Waals surface area (Å²) < 4.78 is 0. The number of rotatable bonds is 7. The minimum absolute atomic E-state index is 0.793. The molecule has 20 heavy (non-hydrogen) atoms. The van der Waals surface area contributed by atoms with Gasteiger partial charge in [0.2, 0.25) is 0 Å². The zero-order valence-corrected chi connectivity index (χ0v) is 12.6. The van der Waals surface area contributed by atoms with E-state index >= 15 is 0 Å². The van der Waals surface area contributed by atoms with E-state index in [0.29, 0.717) is 0 Å². The molecule has 2 nitrogen and oxygen atoms in total. The van der Waals surface area contributed by atoms with Crippen molar-refractivity contribution in [3.63, 3.8) is 0 Å². The van der Waals surface area contributed by atoms with Crippen LogP contribution in [0.15, 0.2) is 30.3 Å². The molecule has 0 bridgehead atoms. The Kier molecular flexibility index (Phi) is 5.10. The lowest BCUT2D eigenvalue weighted by Gasteiger charge is -2.32. The van der Waals surface area contributed by atoms with Crippen LogP contribution in [0.25, 0.3) is 0 Å². The first-order valence-electron chi connectivity index (χ1n) is 8.40. The number of piperidine rings is 1. The molecule has 2 heteroatoms. The summed E-state index contributed by atoms with van der Waals surface area (Å²) in [4.78, 5) is 2.65. The van der Waals surface area contributed by atoms with Crippen LogP contribution in [0.2, 0.25) is 0 Å². The summed E-state index contributed by atoms with van der Waals surface area (Å²) in [5.41, 5.74) is 1.48. The average molecular weight is 272 g/mol. The summed E-state index contributed by atoms with van der Waals surface area (Å²) in [5.74, 6) is 1.01. The molecule has 0 atom stereocenters. The molecule has 1 aliphatic carbocycles. The third-order valence-corrected chi connectivity index (χ3v) is 4.76. The van der Waals surface area contributed by atoms with Gasteiger partial charge in [0.1, 0.15) is 0 Å². The normalized spacial score (nSPS) is 21.2. The van der Waals surface area contributed by atoms with Crippen molar-refractivity contribution in [1.82, 2.24) is 10.2 Å². The van der Waals surface area contributed by atoms with Crippen LogP contribution in [0.3, 0.4) is 0 Å². The lowest BCUT2D eigenvalue weighted by molar-refractivity contribution is 0.195. The topological polar surface area (TPSA) is 15.3 Å². The number of benzene rings is 1. The molecule has 2 fully saturated rings. The molecular formula is C18H28N2. The van der Waals surface area contributed by atoms with Crippen LogP contribution in [-0.2, 0) is 6.42 Å². The summed E-state index contributed by atoms with van der Waals surface area (Å²) in [6, 6.07) is 11.7. The van der Waals surface area contributed by atoms with Crippen molar-refractivity contribution in [2.75, 3.05) is 26.2 Å². The van der Waals surface area contributed by atoms with Crippen LogP contribution < -0.4 is 5.32 Å². The van der Waals surface area contributed by atoms with Gasteiger partial charge in [-0.3, -0.25) is 0 Å². The largest absolute Gasteiger partial charge is 0.314 e. The third kappa shape index (κ3) is 4.60. The zero-order chi connectivity index (χ0) is 13.6. The van der Waals surface area contributed by atoms with Gasteiger partial charge in [-0.1, -0.05) is 30.3 Å². The number of hydrogen-bond donors (Lipinski definition) is 1. The molecule has 0 aromatic heterocycles.